The maximum atomic E-state index is 10.8. The minimum Gasteiger partial charge on any atom is -0.497 e. The number of aliphatic hydroxyl groups excluding tert-OH is 1. The topological polar surface area (TPSA) is 56.5 Å². The molecule has 0 aliphatic carbocycles. The summed E-state index contributed by atoms with van der Waals surface area (Å²) in [5.41, 5.74) is 2.67. The van der Waals surface area contributed by atoms with Crippen LogP contribution in [0.2, 0.25) is 0 Å². The van der Waals surface area contributed by atoms with Crippen LogP contribution < -0.4 is 9.47 Å². The van der Waals surface area contributed by atoms with E-state index < -0.39 is 6.10 Å². The van der Waals surface area contributed by atoms with E-state index in [1.807, 2.05) is 42.5 Å². The molecule has 0 saturated carbocycles. The second-order valence-electron chi connectivity index (χ2n) is 5.60. The number of imidazole rings is 1. The summed E-state index contributed by atoms with van der Waals surface area (Å²) in [6.45, 7) is 2.48. The summed E-state index contributed by atoms with van der Waals surface area (Å²) in [6.07, 6.45) is 0.0781. The van der Waals surface area contributed by atoms with Gasteiger partial charge in [-0.05, 0) is 30.3 Å². The van der Waals surface area contributed by atoms with Crippen molar-refractivity contribution < 1.29 is 14.6 Å². The molecular formula is C19H22N2O3. The van der Waals surface area contributed by atoms with Crippen molar-refractivity contribution in [3.63, 3.8) is 0 Å². The van der Waals surface area contributed by atoms with E-state index in [-0.39, 0.29) is 0 Å². The highest BCUT2D eigenvalue weighted by Gasteiger charge is 2.18. The van der Waals surface area contributed by atoms with Gasteiger partial charge in [-0.3, -0.25) is 0 Å². The molecule has 5 nitrogen and oxygen atoms in total. The van der Waals surface area contributed by atoms with Crippen molar-refractivity contribution in [1.29, 1.82) is 0 Å². The smallest absolute Gasteiger partial charge is 0.124 e. The van der Waals surface area contributed by atoms with Crippen LogP contribution in [-0.4, -0.2) is 28.9 Å². The van der Waals surface area contributed by atoms with Crippen LogP contribution in [0.1, 0.15) is 24.4 Å². The molecule has 0 aliphatic heterocycles. The van der Waals surface area contributed by atoms with Crippen molar-refractivity contribution in [2.75, 3.05) is 14.2 Å². The Morgan fingerprint density at radius 3 is 2.62 bits per heavy atom. The fourth-order valence-electron chi connectivity index (χ4n) is 2.97. The fourth-order valence-corrected chi connectivity index (χ4v) is 2.97. The Labute approximate surface area is 141 Å². The van der Waals surface area contributed by atoms with E-state index in [9.17, 15) is 5.11 Å². The minimum absolute atomic E-state index is 0.410. The minimum atomic E-state index is -0.724. The summed E-state index contributed by atoms with van der Waals surface area (Å²) < 4.78 is 12.7. The number of benzene rings is 2. The van der Waals surface area contributed by atoms with Crippen LogP contribution in [0.3, 0.4) is 0 Å². The lowest BCUT2D eigenvalue weighted by Gasteiger charge is -2.18. The molecule has 126 valence electrons. The maximum absolute atomic E-state index is 10.8. The number of nitrogens with zero attached hydrogens (tertiary/aromatic N) is 2. The molecular weight excluding hydrogens is 304 g/mol. The molecule has 5 heteroatoms. The Morgan fingerprint density at radius 2 is 1.92 bits per heavy atom. The van der Waals surface area contributed by atoms with E-state index in [0.717, 1.165) is 23.3 Å². The molecule has 0 saturated heterocycles. The van der Waals surface area contributed by atoms with E-state index in [1.54, 1.807) is 14.2 Å². The largest absolute Gasteiger partial charge is 0.497 e. The normalized spacial score (nSPS) is 12.3. The summed E-state index contributed by atoms with van der Waals surface area (Å²) in [5.74, 6) is 2.29. The van der Waals surface area contributed by atoms with Crippen LogP contribution in [0.25, 0.3) is 11.0 Å². The van der Waals surface area contributed by atoms with E-state index in [2.05, 4.69) is 16.5 Å². The molecule has 1 unspecified atom stereocenters. The number of methoxy groups -OCH3 is 2. The van der Waals surface area contributed by atoms with Crippen LogP contribution in [0, 0.1) is 0 Å². The van der Waals surface area contributed by atoms with E-state index >= 15 is 0 Å². The third kappa shape index (κ3) is 2.95. The predicted octanol–water partition coefficient (Wildman–Crippen LogP) is 3.35. The van der Waals surface area contributed by atoms with Gasteiger partial charge in [0.2, 0.25) is 0 Å². The molecule has 0 radical (unpaired) electrons. The predicted molar refractivity (Wildman–Crippen MR) is 93.6 cm³/mol. The van der Waals surface area contributed by atoms with Gasteiger partial charge in [0.05, 0.1) is 31.8 Å². The molecule has 0 fully saturated rings. The molecule has 1 N–H and O–H groups in total. The standard InChI is InChI=1S/C19H22N2O3/c1-4-19-20-15-7-5-6-8-16(15)21(19)12-17(22)14-11-13(23-2)9-10-18(14)24-3/h5-11,17,22H,4,12H2,1-3H3. The van der Waals surface area contributed by atoms with Gasteiger partial charge in [0.15, 0.2) is 0 Å². The summed E-state index contributed by atoms with van der Waals surface area (Å²) >= 11 is 0. The number of aliphatic hydroxyl groups is 1. The Hall–Kier alpha value is -2.53. The third-order valence-electron chi connectivity index (χ3n) is 4.20. The zero-order valence-corrected chi connectivity index (χ0v) is 14.2. The van der Waals surface area contributed by atoms with Crippen molar-refractivity contribution in [1.82, 2.24) is 9.55 Å². The molecule has 1 aromatic heterocycles. The second kappa shape index (κ2) is 6.93. The highest BCUT2D eigenvalue weighted by molar-refractivity contribution is 5.75. The SMILES string of the molecule is CCc1nc2ccccc2n1CC(O)c1cc(OC)ccc1OC. The molecule has 24 heavy (non-hydrogen) atoms. The number of para-hydroxylation sites is 2. The van der Waals surface area contributed by atoms with Gasteiger partial charge >= 0.3 is 0 Å². The lowest BCUT2D eigenvalue weighted by atomic mass is 10.1. The zero-order valence-electron chi connectivity index (χ0n) is 14.2. The summed E-state index contributed by atoms with van der Waals surface area (Å²) in [5, 5.41) is 10.8. The number of aryl methyl sites for hydroxylation is 1. The van der Waals surface area contributed by atoms with Gasteiger partial charge in [-0.1, -0.05) is 19.1 Å². The van der Waals surface area contributed by atoms with Gasteiger partial charge < -0.3 is 19.1 Å². The van der Waals surface area contributed by atoms with E-state index in [1.165, 1.54) is 0 Å². The third-order valence-corrected chi connectivity index (χ3v) is 4.20. The quantitative estimate of drug-likeness (QED) is 0.755. The molecule has 3 aromatic rings. The van der Waals surface area contributed by atoms with Crippen LogP contribution in [0.5, 0.6) is 11.5 Å². The lowest BCUT2D eigenvalue weighted by Crippen LogP contribution is -2.12. The number of hydrogen-bond donors (Lipinski definition) is 1. The van der Waals surface area contributed by atoms with Crippen LogP contribution in [0.15, 0.2) is 42.5 Å². The summed E-state index contributed by atoms with van der Waals surface area (Å²) in [4.78, 5) is 4.65. The number of fused-ring (bicyclic) bond motifs is 1. The first-order chi connectivity index (χ1) is 11.7. The van der Waals surface area contributed by atoms with Crippen molar-refractivity contribution >= 4 is 11.0 Å². The highest BCUT2D eigenvalue weighted by Crippen LogP contribution is 2.31. The first-order valence-electron chi connectivity index (χ1n) is 8.02. The van der Waals surface area contributed by atoms with Crippen LogP contribution in [-0.2, 0) is 13.0 Å². The molecule has 0 aliphatic rings. The zero-order chi connectivity index (χ0) is 17.1. The maximum Gasteiger partial charge on any atom is 0.124 e. The van der Waals surface area contributed by atoms with Gasteiger partial charge in [0.25, 0.3) is 0 Å². The first-order valence-corrected chi connectivity index (χ1v) is 8.02. The van der Waals surface area contributed by atoms with Crippen molar-refractivity contribution in [3.8, 4) is 11.5 Å². The molecule has 3 rings (SSSR count). The number of aromatic nitrogens is 2. The first kappa shape index (κ1) is 16.3. The van der Waals surface area contributed by atoms with Crippen LogP contribution >= 0.6 is 0 Å². The Bertz CT molecular complexity index is 842. The lowest BCUT2D eigenvalue weighted by molar-refractivity contribution is 0.152. The molecule has 2 aromatic carbocycles. The van der Waals surface area contributed by atoms with E-state index in [4.69, 9.17) is 9.47 Å². The fraction of sp³-hybridized carbons (Fsp3) is 0.316. The number of rotatable bonds is 6. The van der Waals surface area contributed by atoms with Gasteiger partial charge in [-0.15, -0.1) is 0 Å². The van der Waals surface area contributed by atoms with Crippen molar-refractivity contribution in [3.05, 3.63) is 53.9 Å². The number of hydrogen-bond acceptors (Lipinski definition) is 4. The second-order valence-corrected chi connectivity index (χ2v) is 5.60. The average Bonchev–Trinajstić information content (AvgIpc) is 2.98. The molecule has 0 bridgehead atoms. The monoisotopic (exact) mass is 326 g/mol. The van der Waals surface area contributed by atoms with Gasteiger partial charge in [-0.2, -0.15) is 0 Å². The van der Waals surface area contributed by atoms with E-state index in [0.29, 0.717) is 23.6 Å². The Morgan fingerprint density at radius 1 is 1.12 bits per heavy atom. The van der Waals surface area contributed by atoms with Gasteiger partial charge in [0.1, 0.15) is 23.4 Å². The number of ether oxygens (including phenoxy) is 2. The van der Waals surface area contributed by atoms with Crippen LogP contribution in [0.4, 0.5) is 0 Å². The van der Waals surface area contributed by atoms with Gasteiger partial charge in [-0.25, -0.2) is 4.98 Å². The summed E-state index contributed by atoms with van der Waals surface area (Å²) in [6, 6.07) is 13.4. The Balaban J connectivity index is 2.00. The van der Waals surface area contributed by atoms with Crippen molar-refractivity contribution in [2.45, 2.75) is 26.0 Å². The average molecular weight is 326 g/mol. The molecule has 1 heterocycles. The van der Waals surface area contributed by atoms with Gasteiger partial charge in [0, 0.05) is 12.0 Å². The Kier molecular flexibility index (Phi) is 4.71. The highest BCUT2D eigenvalue weighted by atomic mass is 16.5. The molecule has 1 atom stereocenters. The van der Waals surface area contributed by atoms with Crippen molar-refractivity contribution in [2.24, 2.45) is 0 Å². The molecule has 0 spiro atoms. The molecule has 0 amide bonds. The summed E-state index contributed by atoms with van der Waals surface area (Å²) in [7, 11) is 3.21.